The van der Waals surface area contributed by atoms with E-state index in [4.69, 9.17) is 21.1 Å². The van der Waals surface area contributed by atoms with Crippen molar-refractivity contribution in [1.29, 1.82) is 0 Å². The van der Waals surface area contributed by atoms with E-state index in [1.807, 2.05) is 45.0 Å². The molecular weight excluding hydrogens is 458 g/mol. The molecule has 0 radical (unpaired) electrons. The molecule has 174 valence electrons. The van der Waals surface area contributed by atoms with E-state index in [1.165, 1.54) is 24.0 Å². The van der Waals surface area contributed by atoms with Gasteiger partial charge in [0.25, 0.3) is 0 Å². The number of allylic oxidation sites excluding steroid dienone is 5. The van der Waals surface area contributed by atoms with Gasteiger partial charge in [0.1, 0.15) is 18.1 Å². The number of hydrogen-bond donors (Lipinski definition) is 0. The molecule has 1 aromatic heterocycles. The highest BCUT2D eigenvalue weighted by Crippen LogP contribution is 2.27. The van der Waals surface area contributed by atoms with Crippen LogP contribution >= 0.6 is 23.4 Å². The van der Waals surface area contributed by atoms with Crippen molar-refractivity contribution in [2.75, 3.05) is 12.4 Å². The number of carbonyl (C=O) groups is 2. The fourth-order valence-corrected chi connectivity index (χ4v) is 3.72. The number of pyridine rings is 1. The van der Waals surface area contributed by atoms with Crippen molar-refractivity contribution >= 4 is 35.4 Å². The van der Waals surface area contributed by atoms with Gasteiger partial charge in [0.05, 0.1) is 22.9 Å². The van der Waals surface area contributed by atoms with Gasteiger partial charge < -0.3 is 14.3 Å². The first-order chi connectivity index (χ1) is 15.9. The third kappa shape index (κ3) is 8.22. The first-order valence-corrected chi connectivity index (χ1v) is 11.9. The summed E-state index contributed by atoms with van der Waals surface area (Å²) in [5.74, 6) is 1.14. The smallest absolute Gasteiger partial charge is 0.225 e. The van der Waals surface area contributed by atoms with Crippen molar-refractivity contribution in [3.05, 3.63) is 83.1 Å². The maximum absolute atomic E-state index is 13.0. The van der Waals surface area contributed by atoms with Crippen LogP contribution in [-0.2, 0) is 4.79 Å². The van der Waals surface area contributed by atoms with Gasteiger partial charge in [-0.3, -0.25) is 4.79 Å². The molecule has 2 rings (SSSR count). The number of rotatable bonds is 13. The summed E-state index contributed by atoms with van der Waals surface area (Å²) in [6.45, 7) is 9.89. The van der Waals surface area contributed by atoms with Crippen LogP contribution in [-0.4, -0.2) is 35.5 Å². The fourth-order valence-electron chi connectivity index (χ4n) is 2.86. The molecule has 0 N–H and O–H groups in total. The molecule has 7 heteroatoms. The summed E-state index contributed by atoms with van der Waals surface area (Å²) in [6, 6.07) is 7.34. The summed E-state index contributed by atoms with van der Waals surface area (Å²) in [4.78, 5) is 28.8. The Kier molecular flexibility index (Phi) is 10.9. The van der Waals surface area contributed by atoms with E-state index in [2.05, 4.69) is 11.6 Å². The number of thioether (sulfide) groups is 1. The normalized spacial score (nSPS) is 12.4. The predicted octanol–water partition coefficient (Wildman–Crippen LogP) is 6.44. The Bertz CT molecular complexity index is 1050. The Balaban J connectivity index is 2.02. The summed E-state index contributed by atoms with van der Waals surface area (Å²) in [6.07, 6.45) is 9.45. The first-order valence-electron chi connectivity index (χ1n) is 10.5. The lowest BCUT2D eigenvalue weighted by Gasteiger charge is -2.17. The summed E-state index contributed by atoms with van der Waals surface area (Å²) in [5, 5.41) is 0.348. The molecule has 0 bridgehead atoms. The summed E-state index contributed by atoms with van der Waals surface area (Å²) in [7, 11) is 0. The number of Topliss-reactive ketones (excluding diaryl/α,β-unsaturated/α-hetero) is 1. The topological polar surface area (TPSA) is 65.5 Å². The zero-order valence-electron chi connectivity index (χ0n) is 19.0. The lowest BCUT2D eigenvalue weighted by atomic mass is 10.0. The Labute approximate surface area is 204 Å². The highest BCUT2D eigenvalue weighted by Gasteiger charge is 2.19. The number of ketones is 1. The fraction of sp³-hybridized carbons (Fsp3) is 0.269. The standard InChI is InChI=1S/C26H28ClNO4S/c1-5-7-8-20(6-2)25(30)23-16-21(27)17-28-26(23)32-19(4)11-13-31-22-9-10-24(18(3)15-22)33-14-12-29/h5-10,12,15-17,19H,2,11,13-14H2,1,3-4H3/b7-5-,20-8+/t19-/m1/s1. The van der Waals surface area contributed by atoms with E-state index in [-0.39, 0.29) is 23.3 Å². The molecule has 0 aliphatic heterocycles. The number of nitrogens with zero attached hydrogens (tertiary/aromatic N) is 1. The summed E-state index contributed by atoms with van der Waals surface area (Å²) < 4.78 is 11.8. The van der Waals surface area contributed by atoms with Crippen LogP contribution in [0.1, 0.15) is 36.2 Å². The van der Waals surface area contributed by atoms with E-state index < -0.39 is 0 Å². The van der Waals surface area contributed by atoms with Crippen LogP contribution in [0.15, 0.2) is 71.8 Å². The van der Waals surface area contributed by atoms with Gasteiger partial charge in [-0.2, -0.15) is 0 Å². The quantitative estimate of drug-likeness (QED) is 0.107. The molecule has 1 heterocycles. The minimum Gasteiger partial charge on any atom is -0.493 e. The van der Waals surface area contributed by atoms with E-state index in [1.54, 1.807) is 18.2 Å². The second-order valence-electron chi connectivity index (χ2n) is 7.16. The Morgan fingerprint density at radius 2 is 2.12 bits per heavy atom. The third-order valence-corrected chi connectivity index (χ3v) is 5.85. The minimum atomic E-state index is -0.264. The largest absolute Gasteiger partial charge is 0.493 e. The van der Waals surface area contributed by atoms with E-state index >= 15 is 0 Å². The van der Waals surface area contributed by atoms with E-state index in [9.17, 15) is 9.59 Å². The van der Waals surface area contributed by atoms with Gasteiger partial charge in [-0.05, 0) is 50.6 Å². The number of hydrogen-bond acceptors (Lipinski definition) is 6. The molecule has 1 atom stereocenters. The van der Waals surface area contributed by atoms with Gasteiger partial charge in [0.2, 0.25) is 5.88 Å². The number of benzene rings is 1. The predicted molar refractivity (Wildman–Crippen MR) is 135 cm³/mol. The number of ether oxygens (including phenoxy) is 2. The molecule has 2 aromatic rings. The van der Waals surface area contributed by atoms with Crippen LogP contribution in [0.3, 0.4) is 0 Å². The van der Waals surface area contributed by atoms with Crippen LogP contribution < -0.4 is 9.47 Å². The molecule has 0 unspecified atom stereocenters. The van der Waals surface area contributed by atoms with Crippen molar-refractivity contribution in [3.8, 4) is 11.6 Å². The number of halogens is 1. The molecule has 5 nitrogen and oxygen atoms in total. The van der Waals surface area contributed by atoms with Crippen LogP contribution in [0.5, 0.6) is 11.6 Å². The van der Waals surface area contributed by atoms with Crippen molar-refractivity contribution in [1.82, 2.24) is 4.98 Å². The average Bonchev–Trinajstić information content (AvgIpc) is 2.80. The molecule has 33 heavy (non-hydrogen) atoms. The Morgan fingerprint density at radius 1 is 1.33 bits per heavy atom. The number of aromatic nitrogens is 1. The molecule has 0 aliphatic rings. The lowest BCUT2D eigenvalue weighted by Crippen LogP contribution is -2.18. The van der Waals surface area contributed by atoms with Crippen molar-refractivity contribution in [2.45, 2.75) is 38.2 Å². The second kappa shape index (κ2) is 13.7. The molecule has 0 saturated carbocycles. The molecule has 0 amide bonds. The molecule has 0 fully saturated rings. The van der Waals surface area contributed by atoms with E-state index in [0.717, 1.165) is 22.5 Å². The lowest BCUT2D eigenvalue weighted by molar-refractivity contribution is -0.105. The van der Waals surface area contributed by atoms with Crippen molar-refractivity contribution in [3.63, 3.8) is 0 Å². The van der Waals surface area contributed by atoms with Gasteiger partial charge in [-0.25, -0.2) is 4.98 Å². The maximum atomic E-state index is 13.0. The molecular formula is C26H28ClNO4S. The van der Waals surface area contributed by atoms with Gasteiger partial charge in [-0.15, -0.1) is 11.8 Å². The zero-order chi connectivity index (χ0) is 24.2. The molecule has 1 aromatic carbocycles. The monoisotopic (exact) mass is 485 g/mol. The zero-order valence-corrected chi connectivity index (χ0v) is 20.6. The van der Waals surface area contributed by atoms with Crippen molar-refractivity contribution in [2.24, 2.45) is 0 Å². The van der Waals surface area contributed by atoms with Gasteiger partial charge in [-0.1, -0.05) is 42.5 Å². The SMILES string of the molecule is C=C/C(=C\C=C/C)C(=O)c1cc(Cl)cnc1O[C@H](C)CCOc1ccc(SCC=O)c(C)c1. The number of aldehydes is 1. The molecule has 0 saturated heterocycles. The number of aryl methyl sites for hydroxylation is 1. The van der Waals surface area contributed by atoms with Crippen LogP contribution in [0.4, 0.5) is 0 Å². The van der Waals surface area contributed by atoms with Crippen LogP contribution in [0.25, 0.3) is 0 Å². The summed E-state index contributed by atoms with van der Waals surface area (Å²) >= 11 is 7.58. The maximum Gasteiger partial charge on any atom is 0.225 e. The Hall–Kier alpha value is -2.83. The molecule has 0 spiro atoms. The van der Waals surface area contributed by atoms with E-state index in [0.29, 0.717) is 29.4 Å². The highest BCUT2D eigenvalue weighted by atomic mass is 35.5. The third-order valence-electron chi connectivity index (χ3n) is 4.57. The second-order valence-corrected chi connectivity index (χ2v) is 8.66. The Morgan fingerprint density at radius 3 is 2.79 bits per heavy atom. The van der Waals surface area contributed by atoms with Gasteiger partial charge in [0.15, 0.2) is 5.78 Å². The number of carbonyl (C=O) groups excluding carboxylic acids is 2. The minimum absolute atomic E-state index is 0.220. The molecule has 0 aliphatic carbocycles. The van der Waals surface area contributed by atoms with Gasteiger partial charge in [0, 0.05) is 23.1 Å². The first kappa shape index (κ1) is 26.4. The highest BCUT2D eigenvalue weighted by molar-refractivity contribution is 8.00. The van der Waals surface area contributed by atoms with Crippen LogP contribution in [0.2, 0.25) is 5.02 Å². The van der Waals surface area contributed by atoms with Gasteiger partial charge >= 0.3 is 0 Å². The van der Waals surface area contributed by atoms with Crippen molar-refractivity contribution < 1.29 is 19.1 Å². The van der Waals surface area contributed by atoms with Crippen LogP contribution in [0, 0.1) is 6.92 Å². The summed E-state index contributed by atoms with van der Waals surface area (Å²) in [5.41, 5.74) is 1.76. The average molecular weight is 486 g/mol.